The second-order valence-corrected chi connectivity index (χ2v) is 5.44. The van der Waals surface area contributed by atoms with Crippen LogP contribution in [0.3, 0.4) is 0 Å². The normalized spacial score (nSPS) is 31.8. The first-order chi connectivity index (χ1) is 10.5. The number of aliphatic hydroxyl groups excluding tert-OH is 4. The van der Waals surface area contributed by atoms with Gasteiger partial charge in [0.05, 0.1) is 6.61 Å². The average molecular weight is 321 g/mol. The molecule has 1 aliphatic rings. The van der Waals surface area contributed by atoms with E-state index in [1.165, 1.54) is 0 Å². The first kappa shape index (κ1) is 19.1. The maximum Gasteiger partial charge on any atom is 0.409 e. The van der Waals surface area contributed by atoms with Crippen molar-refractivity contribution in [3.63, 3.8) is 0 Å². The van der Waals surface area contributed by atoms with Gasteiger partial charge in [-0.25, -0.2) is 4.79 Å². The topological polar surface area (TPSA) is 128 Å². The highest BCUT2D eigenvalue weighted by molar-refractivity contribution is 5.67. The summed E-state index contributed by atoms with van der Waals surface area (Å²) >= 11 is 0. The van der Waals surface area contributed by atoms with Crippen LogP contribution in [0.25, 0.3) is 0 Å². The van der Waals surface area contributed by atoms with E-state index < -0.39 is 43.4 Å². The number of hydrogen-bond acceptors (Lipinski definition) is 7. The number of amides is 1. The third-order valence-electron chi connectivity index (χ3n) is 3.62. The fraction of sp³-hybridized carbons (Fsp3) is 0.929. The molecule has 8 nitrogen and oxygen atoms in total. The van der Waals surface area contributed by atoms with E-state index in [2.05, 4.69) is 12.2 Å². The minimum absolute atomic E-state index is 0.444. The van der Waals surface area contributed by atoms with Crippen molar-refractivity contribution >= 4 is 6.09 Å². The Kier molecular flexibility index (Phi) is 8.66. The van der Waals surface area contributed by atoms with Crippen LogP contribution in [0.15, 0.2) is 0 Å². The lowest BCUT2D eigenvalue weighted by atomic mass is 9.99. The maximum atomic E-state index is 11.6. The first-order valence-electron chi connectivity index (χ1n) is 7.76. The van der Waals surface area contributed by atoms with E-state index in [-0.39, 0.29) is 0 Å². The lowest BCUT2D eigenvalue weighted by Crippen LogP contribution is -2.59. The summed E-state index contributed by atoms with van der Waals surface area (Å²) in [6.45, 7) is 2.00. The van der Waals surface area contributed by atoms with Crippen molar-refractivity contribution in [2.24, 2.45) is 0 Å². The Labute approximate surface area is 130 Å². The first-order valence-corrected chi connectivity index (χ1v) is 7.76. The number of alkyl carbamates (subject to hydrolysis) is 1. The predicted octanol–water partition coefficient (Wildman–Crippen LogP) is -0.517. The van der Waals surface area contributed by atoms with Crippen LogP contribution in [-0.2, 0) is 9.47 Å². The van der Waals surface area contributed by atoms with Crippen molar-refractivity contribution in [3.05, 3.63) is 0 Å². The Morgan fingerprint density at radius 2 is 1.77 bits per heavy atom. The monoisotopic (exact) mass is 321 g/mol. The standard InChI is InChI=1S/C14H27NO7/c1-2-3-4-5-6-7-15-14(20)22-13-12(19)11(18)10(17)9(8-16)21-13/h9-13,16-19H,2-8H2,1H3,(H,15,20)/t9-,10+,11+,12-,13-/m1/s1. The molecule has 0 radical (unpaired) electrons. The van der Waals surface area contributed by atoms with Crippen LogP contribution in [0, 0.1) is 0 Å². The van der Waals surface area contributed by atoms with Gasteiger partial charge in [-0.2, -0.15) is 0 Å². The van der Waals surface area contributed by atoms with Crippen molar-refractivity contribution in [2.45, 2.75) is 69.7 Å². The number of carbonyl (C=O) groups excluding carboxylic acids is 1. The van der Waals surface area contributed by atoms with Crippen LogP contribution in [-0.4, -0.2) is 70.4 Å². The molecule has 1 saturated heterocycles. The summed E-state index contributed by atoms with van der Waals surface area (Å²) in [7, 11) is 0. The molecule has 0 unspecified atom stereocenters. The van der Waals surface area contributed by atoms with E-state index in [1.807, 2.05) is 0 Å². The lowest BCUT2D eigenvalue weighted by molar-refractivity contribution is -0.284. The van der Waals surface area contributed by atoms with Gasteiger partial charge in [0.1, 0.15) is 24.4 Å². The number of hydrogen-bond donors (Lipinski definition) is 5. The number of rotatable bonds is 8. The van der Waals surface area contributed by atoms with Crippen molar-refractivity contribution < 1.29 is 34.7 Å². The Hall–Kier alpha value is -0.930. The Bertz CT molecular complexity index is 326. The smallest absolute Gasteiger partial charge is 0.409 e. The average Bonchev–Trinajstić information content (AvgIpc) is 2.51. The van der Waals surface area contributed by atoms with Gasteiger partial charge in [0.2, 0.25) is 6.29 Å². The Balaban J connectivity index is 2.30. The van der Waals surface area contributed by atoms with Gasteiger partial charge in [0.15, 0.2) is 0 Å². The molecular weight excluding hydrogens is 294 g/mol. The number of nitrogens with one attached hydrogen (secondary N) is 1. The zero-order valence-corrected chi connectivity index (χ0v) is 12.9. The van der Waals surface area contributed by atoms with E-state index in [9.17, 15) is 20.1 Å². The van der Waals surface area contributed by atoms with Crippen LogP contribution in [0.2, 0.25) is 0 Å². The van der Waals surface area contributed by atoms with Gasteiger partial charge in [-0.15, -0.1) is 0 Å². The molecule has 0 aromatic carbocycles. The predicted molar refractivity (Wildman–Crippen MR) is 77.0 cm³/mol. The fourth-order valence-corrected chi connectivity index (χ4v) is 2.23. The van der Waals surface area contributed by atoms with Gasteiger partial charge in [-0.1, -0.05) is 32.6 Å². The van der Waals surface area contributed by atoms with Crippen molar-refractivity contribution in [1.82, 2.24) is 5.32 Å². The van der Waals surface area contributed by atoms with Crippen LogP contribution in [0.4, 0.5) is 4.79 Å². The molecule has 0 bridgehead atoms. The summed E-state index contributed by atoms with van der Waals surface area (Å²) < 4.78 is 9.95. The van der Waals surface area contributed by atoms with E-state index >= 15 is 0 Å². The highest BCUT2D eigenvalue weighted by atomic mass is 16.7. The minimum Gasteiger partial charge on any atom is -0.417 e. The molecule has 1 rings (SSSR count). The summed E-state index contributed by atoms with van der Waals surface area (Å²) in [4.78, 5) is 11.6. The summed E-state index contributed by atoms with van der Waals surface area (Å²) in [5.74, 6) is 0. The van der Waals surface area contributed by atoms with Crippen molar-refractivity contribution in [1.29, 1.82) is 0 Å². The van der Waals surface area contributed by atoms with Gasteiger partial charge in [0.25, 0.3) is 0 Å². The molecule has 0 spiro atoms. The largest absolute Gasteiger partial charge is 0.417 e. The summed E-state index contributed by atoms with van der Waals surface area (Å²) in [6, 6.07) is 0. The molecule has 1 aliphatic heterocycles. The SMILES string of the molecule is CCCCCCCNC(=O)O[C@H]1O[C@H](CO)[C@H](O)[C@H](O)[C@H]1O. The maximum absolute atomic E-state index is 11.6. The third-order valence-corrected chi connectivity index (χ3v) is 3.62. The molecule has 130 valence electrons. The zero-order valence-electron chi connectivity index (χ0n) is 12.9. The van der Waals surface area contributed by atoms with E-state index in [4.69, 9.17) is 14.6 Å². The van der Waals surface area contributed by atoms with Crippen LogP contribution < -0.4 is 5.32 Å². The second-order valence-electron chi connectivity index (χ2n) is 5.44. The second kappa shape index (κ2) is 9.96. The zero-order chi connectivity index (χ0) is 16.5. The molecule has 5 N–H and O–H groups in total. The highest BCUT2D eigenvalue weighted by Gasteiger charge is 2.45. The molecule has 0 aromatic heterocycles. The quantitative estimate of drug-likeness (QED) is 0.381. The fourth-order valence-electron chi connectivity index (χ4n) is 2.23. The molecule has 0 aromatic rings. The molecule has 5 atom stereocenters. The van der Waals surface area contributed by atoms with E-state index in [1.54, 1.807) is 0 Å². The van der Waals surface area contributed by atoms with Gasteiger partial charge in [-0.3, -0.25) is 0 Å². The molecule has 1 amide bonds. The number of aliphatic hydroxyl groups is 4. The summed E-state index contributed by atoms with van der Waals surface area (Å²) in [5.41, 5.74) is 0. The van der Waals surface area contributed by atoms with Crippen LogP contribution in [0.5, 0.6) is 0 Å². The number of unbranched alkanes of at least 4 members (excludes halogenated alkanes) is 4. The number of ether oxygens (including phenoxy) is 2. The molecule has 0 aliphatic carbocycles. The van der Waals surface area contributed by atoms with E-state index in [0.717, 1.165) is 32.1 Å². The highest BCUT2D eigenvalue weighted by Crippen LogP contribution is 2.21. The molecule has 22 heavy (non-hydrogen) atoms. The van der Waals surface area contributed by atoms with Gasteiger partial charge in [0, 0.05) is 6.54 Å². The molecule has 1 fully saturated rings. The van der Waals surface area contributed by atoms with Crippen LogP contribution >= 0.6 is 0 Å². The summed E-state index contributed by atoms with van der Waals surface area (Å²) in [5, 5.41) is 40.4. The van der Waals surface area contributed by atoms with Gasteiger partial charge in [-0.05, 0) is 6.42 Å². The Morgan fingerprint density at radius 3 is 2.41 bits per heavy atom. The lowest BCUT2D eigenvalue weighted by Gasteiger charge is -2.39. The van der Waals surface area contributed by atoms with E-state index in [0.29, 0.717) is 6.54 Å². The Morgan fingerprint density at radius 1 is 1.09 bits per heavy atom. The molecule has 8 heteroatoms. The molecule has 1 heterocycles. The van der Waals surface area contributed by atoms with Crippen LogP contribution in [0.1, 0.15) is 39.0 Å². The van der Waals surface area contributed by atoms with Crippen molar-refractivity contribution in [3.8, 4) is 0 Å². The van der Waals surface area contributed by atoms with Crippen molar-refractivity contribution in [2.75, 3.05) is 13.2 Å². The molecular formula is C14H27NO7. The number of carbonyl (C=O) groups is 1. The summed E-state index contributed by atoms with van der Waals surface area (Å²) in [6.07, 6.45) is -2.66. The third kappa shape index (κ3) is 5.69. The molecule has 0 saturated carbocycles. The van der Waals surface area contributed by atoms with Gasteiger partial charge >= 0.3 is 6.09 Å². The van der Waals surface area contributed by atoms with Gasteiger partial charge < -0.3 is 35.2 Å². The minimum atomic E-state index is -1.58.